The standard InChI is InChI=1S/C14H23NO/c1-11-6-4-8-14(10-11)13(3)15-9-5-7-12(2)16/h4,6,8,10,12-13,15-16H,5,7,9H2,1-3H3. The van der Waals surface area contributed by atoms with Crippen molar-refractivity contribution in [2.75, 3.05) is 6.54 Å². The number of aliphatic hydroxyl groups is 1. The smallest absolute Gasteiger partial charge is 0.0512 e. The summed E-state index contributed by atoms with van der Waals surface area (Å²) in [7, 11) is 0. The van der Waals surface area contributed by atoms with Crippen LogP contribution in [-0.2, 0) is 0 Å². The molecule has 0 fully saturated rings. The van der Waals surface area contributed by atoms with Crippen LogP contribution in [0.3, 0.4) is 0 Å². The summed E-state index contributed by atoms with van der Waals surface area (Å²) in [6, 6.07) is 8.96. The van der Waals surface area contributed by atoms with Crippen molar-refractivity contribution in [3.63, 3.8) is 0 Å². The topological polar surface area (TPSA) is 32.3 Å². The Hall–Kier alpha value is -0.860. The van der Waals surface area contributed by atoms with Crippen LogP contribution in [0.5, 0.6) is 0 Å². The number of aryl methyl sites for hydroxylation is 1. The van der Waals surface area contributed by atoms with Crippen LogP contribution in [0.15, 0.2) is 24.3 Å². The Labute approximate surface area is 98.7 Å². The predicted molar refractivity (Wildman–Crippen MR) is 68.5 cm³/mol. The molecule has 0 amide bonds. The van der Waals surface area contributed by atoms with Gasteiger partial charge < -0.3 is 10.4 Å². The molecule has 1 aromatic rings. The first-order chi connectivity index (χ1) is 7.59. The average Bonchev–Trinajstić information content (AvgIpc) is 2.24. The van der Waals surface area contributed by atoms with E-state index < -0.39 is 0 Å². The molecule has 0 radical (unpaired) electrons. The molecular weight excluding hydrogens is 198 g/mol. The van der Waals surface area contributed by atoms with Gasteiger partial charge in [0.05, 0.1) is 6.10 Å². The summed E-state index contributed by atoms with van der Waals surface area (Å²) in [4.78, 5) is 0. The van der Waals surface area contributed by atoms with E-state index in [1.54, 1.807) is 0 Å². The van der Waals surface area contributed by atoms with Crippen LogP contribution in [0.1, 0.15) is 43.9 Å². The van der Waals surface area contributed by atoms with Crippen molar-refractivity contribution in [1.82, 2.24) is 5.32 Å². The molecule has 2 atom stereocenters. The molecule has 1 aromatic carbocycles. The molecule has 90 valence electrons. The molecular formula is C14H23NO. The Morgan fingerprint density at radius 1 is 1.31 bits per heavy atom. The first kappa shape index (κ1) is 13.2. The first-order valence-electron chi connectivity index (χ1n) is 6.07. The lowest BCUT2D eigenvalue weighted by Crippen LogP contribution is -2.20. The summed E-state index contributed by atoms with van der Waals surface area (Å²) >= 11 is 0. The third-order valence-corrected chi connectivity index (χ3v) is 2.79. The van der Waals surface area contributed by atoms with E-state index in [1.165, 1.54) is 11.1 Å². The second-order valence-electron chi connectivity index (χ2n) is 4.58. The van der Waals surface area contributed by atoms with Gasteiger partial charge in [0.2, 0.25) is 0 Å². The van der Waals surface area contributed by atoms with Crippen molar-refractivity contribution in [2.24, 2.45) is 0 Å². The maximum Gasteiger partial charge on any atom is 0.0512 e. The Balaban J connectivity index is 2.32. The van der Waals surface area contributed by atoms with Gasteiger partial charge in [-0.05, 0) is 45.7 Å². The molecule has 16 heavy (non-hydrogen) atoms. The monoisotopic (exact) mass is 221 g/mol. The Bertz CT molecular complexity index is 309. The summed E-state index contributed by atoms with van der Waals surface area (Å²) in [5.74, 6) is 0. The molecule has 0 bridgehead atoms. The van der Waals surface area contributed by atoms with Crippen LogP contribution >= 0.6 is 0 Å². The molecule has 2 heteroatoms. The van der Waals surface area contributed by atoms with Gasteiger partial charge in [-0.3, -0.25) is 0 Å². The molecule has 2 N–H and O–H groups in total. The average molecular weight is 221 g/mol. The van der Waals surface area contributed by atoms with E-state index in [2.05, 4.69) is 43.4 Å². The molecule has 0 saturated heterocycles. The van der Waals surface area contributed by atoms with Gasteiger partial charge in [0.15, 0.2) is 0 Å². The first-order valence-corrected chi connectivity index (χ1v) is 6.07. The number of hydrogen-bond donors (Lipinski definition) is 2. The number of hydrogen-bond acceptors (Lipinski definition) is 2. The summed E-state index contributed by atoms with van der Waals surface area (Å²) in [5, 5.41) is 12.6. The van der Waals surface area contributed by atoms with Crippen molar-refractivity contribution in [3.05, 3.63) is 35.4 Å². The van der Waals surface area contributed by atoms with Crippen molar-refractivity contribution in [3.8, 4) is 0 Å². The SMILES string of the molecule is Cc1cccc(C(C)NCCCC(C)O)c1. The fraction of sp³-hybridized carbons (Fsp3) is 0.571. The Morgan fingerprint density at radius 2 is 2.06 bits per heavy atom. The zero-order valence-corrected chi connectivity index (χ0v) is 10.5. The highest BCUT2D eigenvalue weighted by Gasteiger charge is 2.04. The number of rotatable bonds is 6. The second-order valence-corrected chi connectivity index (χ2v) is 4.58. The van der Waals surface area contributed by atoms with Gasteiger partial charge in [-0.1, -0.05) is 29.8 Å². The van der Waals surface area contributed by atoms with Crippen LogP contribution in [-0.4, -0.2) is 17.8 Å². The number of benzene rings is 1. The summed E-state index contributed by atoms with van der Waals surface area (Å²) in [5.41, 5.74) is 2.63. The third kappa shape index (κ3) is 4.77. The highest BCUT2D eigenvalue weighted by Crippen LogP contribution is 2.13. The van der Waals surface area contributed by atoms with Gasteiger partial charge in [-0.2, -0.15) is 0 Å². The van der Waals surface area contributed by atoms with Crippen molar-refractivity contribution >= 4 is 0 Å². The van der Waals surface area contributed by atoms with Crippen LogP contribution in [0.25, 0.3) is 0 Å². The van der Waals surface area contributed by atoms with Crippen molar-refractivity contribution in [2.45, 2.75) is 45.8 Å². The lowest BCUT2D eigenvalue weighted by molar-refractivity contribution is 0.181. The molecule has 2 nitrogen and oxygen atoms in total. The molecule has 0 aromatic heterocycles. The Morgan fingerprint density at radius 3 is 2.69 bits per heavy atom. The van der Waals surface area contributed by atoms with Gasteiger partial charge in [0.25, 0.3) is 0 Å². The van der Waals surface area contributed by atoms with E-state index in [0.29, 0.717) is 6.04 Å². The van der Waals surface area contributed by atoms with Crippen LogP contribution in [0, 0.1) is 6.92 Å². The van der Waals surface area contributed by atoms with Gasteiger partial charge in [0, 0.05) is 6.04 Å². The lowest BCUT2D eigenvalue weighted by atomic mass is 10.1. The highest BCUT2D eigenvalue weighted by atomic mass is 16.3. The fourth-order valence-corrected chi connectivity index (χ4v) is 1.77. The predicted octanol–water partition coefficient (Wildman–Crippen LogP) is 2.81. The molecule has 0 aliphatic carbocycles. The van der Waals surface area contributed by atoms with Crippen LogP contribution in [0.4, 0.5) is 0 Å². The normalized spacial score (nSPS) is 14.8. The highest BCUT2D eigenvalue weighted by molar-refractivity contribution is 5.24. The number of aliphatic hydroxyl groups excluding tert-OH is 1. The fourth-order valence-electron chi connectivity index (χ4n) is 1.77. The van der Waals surface area contributed by atoms with Crippen LogP contribution < -0.4 is 5.32 Å². The quantitative estimate of drug-likeness (QED) is 0.724. The van der Waals surface area contributed by atoms with Gasteiger partial charge >= 0.3 is 0 Å². The largest absolute Gasteiger partial charge is 0.393 e. The van der Waals surface area contributed by atoms with Crippen LogP contribution in [0.2, 0.25) is 0 Å². The van der Waals surface area contributed by atoms with E-state index in [0.717, 1.165) is 19.4 Å². The second kappa shape index (κ2) is 6.66. The van der Waals surface area contributed by atoms with E-state index in [4.69, 9.17) is 5.11 Å². The minimum atomic E-state index is -0.184. The van der Waals surface area contributed by atoms with E-state index in [1.807, 2.05) is 6.92 Å². The maximum atomic E-state index is 9.14. The molecule has 0 aliphatic heterocycles. The molecule has 1 rings (SSSR count). The van der Waals surface area contributed by atoms with Gasteiger partial charge in [0.1, 0.15) is 0 Å². The van der Waals surface area contributed by atoms with Gasteiger partial charge in [-0.25, -0.2) is 0 Å². The van der Waals surface area contributed by atoms with E-state index in [9.17, 15) is 0 Å². The van der Waals surface area contributed by atoms with Crippen molar-refractivity contribution < 1.29 is 5.11 Å². The Kier molecular flexibility index (Phi) is 5.50. The zero-order valence-electron chi connectivity index (χ0n) is 10.5. The van der Waals surface area contributed by atoms with E-state index >= 15 is 0 Å². The minimum Gasteiger partial charge on any atom is -0.393 e. The lowest BCUT2D eigenvalue weighted by Gasteiger charge is -2.15. The molecule has 2 unspecified atom stereocenters. The third-order valence-electron chi connectivity index (χ3n) is 2.79. The summed E-state index contributed by atoms with van der Waals surface area (Å²) < 4.78 is 0. The zero-order chi connectivity index (χ0) is 12.0. The molecule has 0 saturated carbocycles. The molecule has 0 heterocycles. The summed E-state index contributed by atoms with van der Waals surface area (Å²) in [6.45, 7) is 7.09. The van der Waals surface area contributed by atoms with Crippen molar-refractivity contribution in [1.29, 1.82) is 0 Å². The minimum absolute atomic E-state index is 0.184. The van der Waals surface area contributed by atoms with Gasteiger partial charge in [-0.15, -0.1) is 0 Å². The van der Waals surface area contributed by atoms with E-state index in [-0.39, 0.29) is 6.10 Å². The molecule has 0 aliphatic rings. The number of nitrogens with one attached hydrogen (secondary N) is 1. The maximum absolute atomic E-state index is 9.14. The molecule has 0 spiro atoms. The summed E-state index contributed by atoms with van der Waals surface area (Å²) in [6.07, 6.45) is 1.71.